The van der Waals surface area contributed by atoms with Gasteiger partial charge in [-0.3, -0.25) is 4.90 Å². The number of hydrogen-bond acceptors (Lipinski definition) is 4. The van der Waals surface area contributed by atoms with E-state index in [1.54, 1.807) is 0 Å². The molecule has 0 aromatic carbocycles. The summed E-state index contributed by atoms with van der Waals surface area (Å²) in [4.78, 5) is 5.16. The molecule has 0 aromatic heterocycles. The van der Waals surface area contributed by atoms with Crippen LogP contribution in [0.2, 0.25) is 0 Å². The molecule has 15 heavy (non-hydrogen) atoms. The smallest absolute Gasteiger partial charge is 0.0218 e. The highest BCUT2D eigenvalue weighted by atomic mass is 32.2. The van der Waals surface area contributed by atoms with Gasteiger partial charge in [-0.25, -0.2) is 4.31 Å². The Kier molecular flexibility index (Phi) is 4.31. The lowest BCUT2D eigenvalue weighted by Crippen LogP contribution is -2.51. The summed E-state index contributed by atoms with van der Waals surface area (Å²) in [5.41, 5.74) is 0. The van der Waals surface area contributed by atoms with E-state index in [1.807, 2.05) is 11.9 Å². The zero-order valence-corrected chi connectivity index (χ0v) is 10.8. The first-order valence-electron chi connectivity index (χ1n) is 6.01. The molecule has 0 radical (unpaired) electrons. The predicted octanol–water partition coefficient (Wildman–Crippen LogP) is 0.976. The molecule has 4 heteroatoms. The highest BCUT2D eigenvalue weighted by molar-refractivity contribution is 7.96. The van der Waals surface area contributed by atoms with Crippen molar-refractivity contribution in [1.29, 1.82) is 0 Å². The summed E-state index contributed by atoms with van der Waals surface area (Å²) in [6.07, 6.45) is 4.93. The Morgan fingerprint density at radius 1 is 0.933 bits per heavy atom. The second-order valence-electron chi connectivity index (χ2n) is 4.68. The van der Waals surface area contributed by atoms with Crippen LogP contribution in [0.4, 0.5) is 0 Å². The summed E-state index contributed by atoms with van der Waals surface area (Å²) in [5.74, 6) is 0. The van der Waals surface area contributed by atoms with Gasteiger partial charge < -0.3 is 4.90 Å². The van der Waals surface area contributed by atoms with Crippen LogP contribution >= 0.6 is 11.9 Å². The maximum Gasteiger partial charge on any atom is 0.0218 e. The van der Waals surface area contributed by atoms with Crippen LogP contribution in [0.1, 0.15) is 12.8 Å². The maximum atomic E-state index is 2.71. The molecule has 0 aliphatic carbocycles. The average Bonchev–Trinajstić information content (AvgIpc) is 2.30. The molecule has 2 saturated heterocycles. The lowest BCUT2D eigenvalue weighted by Gasteiger charge is -2.41. The minimum atomic E-state index is 0.866. The molecule has 0 aromatic rings. The Morgan fingerprint density at radius 2 is 1.53 bits per heavy atom. The minimum Gasteiger partial charge on any atom is -0.306 e. The number of rotatable bonds is 2. The first kappa shape index (κ1) is 11.7. The van der Waals surface area contributed by atoms with Gasteiger partial charge in [0.1, 0.15) is 0 Å². The van der Waals surface area contributed by atoms with E-state index in [2.05, 4.69) is 27.4 Å². The van der Waals surface area contributed by atoms with E-state index in [0.29, 0.717) is 0 Å². The number of likely N-dealkylation sites (tertiary alicyclic amines) is 1. The molecule has 2 rings (SSSR count). The van der Waals surface area contributed by atoms with Gasteiger partial charge in [-0.1, -0.05) is 11.9 Å². The third-order valence-corrected chi connectivity index (χ3v) is 4.62. The van der Waals surface area contributed by atoms with Crippen molar-refractivity contribution in [2.45, 2.75) is 18.9 Å². The summed E-state index contributed by atoms with van der Waals surface area (Å²) < 4.78 is 2.48. The van der Waals surface area contributed by atoms with Gasteiger partial charge in [0.15, 0.2) is 0 Å². The monoisotopic (exact) mass is 229 g/mol. The second kappa shape index (κ2) is 5.53. The Labute approximate surface area is 97.9 Å². The maximum absolute atomic E-state index is 2.71. The predicted molar refractivity (Wildman–Crippen MR) is 67.2 cm³/mol. The Bertz CT molecular complexity index is 184. The highest BCUT2D eigenvalue weighted by Gasteiger charge is 2.25. The van der Waals surface area contributed by atoms with Crippen molar-refractivity contribution >= 4 is 11.9 Å². The molecular weight excluding hydrogens is 206 g/mol. The number of hydrogen-bond donors (Lipinski definition) is 0. The van der Waals surface area contributed by atoms with Crippen LogP contribution in [-0.4, -0.2) is 72.7 Å². The van der Waals surface area contributed by atoms with Crippen molar-refractivity contribution in [1.82, 2.24) is 14.1 Å². The van der Waals surface area contributed by atoms with Gasteiger partial charge in [-0.15, -0.1) is 0 Å². The van der Waals surface area contributed by atoms with Crippen molar-refractivity contribution in [3.05, 3.63) is 0 Å². The number of piperazine rings is 1. The number of piperidine rings is 1. The average molecular weight is 229 g/mol. The normalized spacial score (nSPS) is 28.4. The quantitative estimate of drug-likeness (QED) is 0.653. The molecule has 2 heterocycles. The Hall–Kier alpha value is 0.230. The fraction of sp³-hybridized carbons (Fsp3) is 1.00. The van der Waals surface area contributed by atoms with Crippen LogP contribution in [0.5, 0.6) is 0 Å². The fourth-order valence-corrected chi connectivity index (χ4v) is 3.14. The SMILES string of the molecule is CSN1CCN(C2CCN(C)CC2)CC1. The van der Waals surface area contributed by atoms with E-state index >= 15 is 0 Å². The topological polar surface area (TPSA) is 9.72 Å². The van der Waals surface area contributed by atoms with Crippen molar-refractivity contribution in [3.63, 3.8) is 0 Å². The van der Waals surface area contributed by atoms with E-state index in [-0.39, 0.29) is 0 Å². The largest absolute Gasteiger partial charge is 0.306 e. The Balaban J connectivity index is 1.75. The van der Waals surface area contributed by atoms with Crippen LogP contribution in [-0.2, 0) is 0 Å². The second-order valence-corrected chi connectivity index (χ2v) is 5.56. The fourth-order valence-electron chi connectivity index (χ4n) is 2.61. The molecule has 0 atom stereocenters. The molecule has 3 nitrogen and oxygen atoms in total. The standard InChI is InChI=1S/C11H23N3S/c1-12-5-3-11(4-6-12)13-7-9-14(15-2)10-8-13/h11H,3-10H2,1-2H3. The van der Waals surface area contributed by atoms with Crippen molar-refractivity contribution < 1.29 is 0 Å². The van der Waals surface area contributed by atoms with Crippen LogP contribution in [0.15, 0.2) is 0 Å². The molecule has 2 aliphatic rings. The van der Waals surface area contributed by atoms with Crippen molar-refractivity contribution in [2.75, 3.05) is 52.6 Å². The lowest BCUT2D eigenvalue weighted by molar-refractivity contribution is 0.0920. The summed E-state index contributed by atoms with van der Waals surface area (Å²) in [6, 6.07) is 0.866. The molecule has 0 N–H and O–H groups in total. The molecule has 0 bridgehead atoms. The van der Waals surface area contributed by atoms with Crippen LogP contribution in [0.3, 0.4) is 0 Å². The highest BCUT2D eigenvalue weighted by Crippen LogP contribution is 2.19. The third kappa shape index (κ3) is 3.09. The molecular formula is C11H23N3S. The van der Waals surface area contributed by atoms with E-state index in [1.165, 1.54) is 52.1 Å². The summed E-state index contributed by atoms with van der Waals surface area (Å²) >= 11 is 1.89. The van der Waals surface area contributed by atoms with Gasteiger partial charge in [0.25, 0.3) is 0 Å². The van der Waals surface area contributed by atoms with Gasteiger partial charge in [-0.05, 0) is 39.2 Å². The van der Waals surface area contributed by atoms with Crippen LogP contribution < -0.4 is 0 Å². The zero-order chi connectivity index (χ0) is 10.7. The summed E-state index contributed by atoms with van der Waals surface area (Å²) in [6.45, 7) is 7.60. The van der Waals surface area contributed by atoms with Crippen LogP contribution in [0.25, 0.3) is 0 Å². The summed E-state index contributed by atoms with van der Waals surface area (Å²) in [7, 11) is 2.24. The molecule has 88 valence electrons. The van der Waals surface area contributed by atoms with Gasteiger partial charge in [0, 0.05) is 32.2 Å². The van der Waals surface area contributed by atoms with Crippen molar-refractivity contribution in [2.24, 2.45) is 0 Å². The molecule has 0 saturated carbocycles. The van der Waals surface area contributed by atoms with Crippen LogP contribution in [0, 0.1) is 0 Å². The zero-order valence-electron chi connectivity index (χ0n) is 9.98. The molecule has 2 fully saturated rings. The third-order valence-electron chi connectivity index (χ3n) is 3.74. The molecule has 0 amide bonds. The van der Waals surface area contributed by atoms with Crippen molar-refractivity contribution in [3.8, 4) is 0 Å². The van der Waals surface area contributed by atoms with Gasteiger partial charge >= 0.3 is 0 Å². The number of nitrogens with zero attached hydrogens (tertiary/aromatic N) is 3. The Morgan fingerprint density at radius 3 is 2.07 bits per heavy atom. The minimum absolute atomic E-state index is 0.866. The van der Waals surface area contributed by atoms with E-state index in [9.17, 15) is 0 Å². The summed E-state index contributed by atoms with van der Waals surface area (Å²) in [5, 5.41) is 0. The first-order chi connectivity index (χ1) is 7.29. The molecule has 2 aliphatic heterocycles. The molecule has 0 spiro atoms. The lowest BCUT2D eigenvalue weighted by atomic mass is 10.0. The first-order valence-corrected chi connectivity index (χ1v) is 7.19. The van der Waals surface area contributed by atoms with Gasteiger partial charge in [0.05, 0.1) is 0 Å². The van der Waals surface area contributed by atoms with Gasteiger partial charge in [0.2, 0.25) is 0 Å². The molecule has 0 unspecified atom stereocenters. The van der Waals surface area contributed by atoms with E-state index < -0.39 is 0 Å². The van der Waals surface area contributed by atoms with E-state index in [0.717, 1.165) is 6.04 Å². The van der Waals surface area contributed by atoms with E-state index in [4.69, 9.17) is 0 Å². The van der Waals surface area contributed by atoms with Gasteiger partial charge in [-0.2, -0.15) is 0 Å².